The molecule has 12 nitrogen and oxygen atoms in total. The van der Waals surface area contributed by atoms with Gasteiger partial charge in [-0.3, -0.25) is 9.59 Å². The van der Waals surface area contributed by atoms with Crippen LogP contribution in [0.1, 0.15) is 60.5 Å². The van der Waals surface area contributed by atoms with Crippen molar-refractivity contribution in [2.24, 2.45) is 5.41 Å². The highest BCUT2D eigenvalue weighted by molar-refractivity contribution is 7.14. The lowest BCUT2D eigenvalue weighted by Crippen LogP contribution is -2.42. The lowest BCUT2D eigenvalue weighted by Gasteiger charge is -2.30. The van der Waals surface area contributed by atoms with Crippen LogP contribution >= 0.6 is 34.5 Å². The Morgan fingerprint density at radius 3 is 2.37 bits per heavy atom. The van der Waals surface area contributed by atoms with Crippen molar-refractivity contribution in [3.8, 4) is 22.8 Å². The monoisotopic (exact) mass is 1000 g/mol. The third kappa shape index (κ3) is 12.4. The van der Waals surface area contributed by atoms with Gasteiger partial charge in [0, 0.05) is 59.0 Å². The minimum atomic E-state index is -1.11. The van der Waals surface area contributed by atoms with Gasteiger partial charge in [-0.05, 0) is 71.5 Å². The molecule has 0 saturated carbocycles. The third-order valence-corrected chi connectivity index (χ3v) is 13.0. The molecule has 3 N–H and O–H groups in total. The number of carbonyl (C=O) groups excluding carboxylic acids is 2. The molecule has 0 bridgehead atoms. The number of morpholine rings is 1. The van der Waals surface area contributed by atoms with E-state index in [0.29, 0.717) is 44.0 Å². The molecule has 19 heteroatoms. The topological polar surface area (TPSA) is 133 Å². The summed E-state index contributed by atoms with van der Waals surface area (Å²) in [4.78, 5) is 34.2. The van der Waals surface area contributed by atoms with Gasteiger partial charge in [-0.15, -0.1) is 11.3 Å². The van der Waals surface area contributed by atoms with Crippen LogP contribution in [0.2, 0.25) is 10.0 Å². The first-order valence-electron chi connectivity index (χ1n) is 22.1. The first-order chi connectivity index (χ1) is 32.6. The minimum Gasteiger partial charge on any atom is -0.495 e. The molecule has 364 valence electrons. The zero-order valence-corrected chi connectivity index (χ0v) is 40.3. The van der Waals surface area contributed by atoms with Crippen LogP contribution in [-0.4, -0.2) is 102 Å². The Kier molecular flexibility index (Phi) is 17.2. The zero-order chi connectivity index (χ0) is 48.5. The standard InChI is InChI=1S/C49H53Cl2F4N5O7S/c1-49(2,3)26-37-40(30-10-9-29(50)25-35(30)53)41(32-6-5-7-33(51)42(32)54)44(57-37)47(62)58-36-13-8-28(24-39(36)63-4)46(61)56-14-17-64-20-21-66-22-23-67-45-31(11-12-34(52)43(45)55)38-27-68-48(59-38)60-15-18-65-19-16-60/h5-13,24-25,27,37,40-41,44,57H,14-23,26H2,1-4H3,(H,56,61)(H,58,62)/t37-,40-,41+,44+/m0/s1. The Morgan fingerprint density at radius 2 is 1.63 bits per heavy atom. The second-order valence-corrected chi connectivity index (χ2v) is 19.1. The minimum absolute atomic E-state index is 0.0548. The molecule has 1 aromatic heterocycles. The van der Waals surface area contributed by atoms with E-state index in [2.05, 4.69) is 25.8 Å². The molecule has 5 aromatic rings. The highest BCUT2D eigenvalue weighted by Crippen LogP contribution is 2.49. The summed E-state index contributed by atoms with van der Waals surface area (Å²) < 4.78 is 88.6. The number of anilines is 2. The van der Waals surface area contributed by atoms with E-state index in [4.69, 9.17) is 46.9 Å². The predicted octanol–water partition coefficient (Wildman–Crippen LogP) is 9.64. The fraction of sp³-hybridized carbons (Fsp3) is 0.408. The Balaban J connectivity index is 0.902. The Bertz CT molecular complexity index is 2560. The normalized spacial score (nSPS) is 18.4. The van der Waals surface area contributed by atoms with E-state index in [1.54, 1.807) is 29.6 Å². The largest absolute Gasteiger partial charge is 0.495 e. The van der Waals surface area contributed by atoms with E-state index in [1.165, 1.54) is 54.8 Å². The number of hydrogen-bond donors (Lipinski definition) is 3. The number of ether oxygens (including phenoxy) is 5. The fourth-order valence-electron chi connectivity index (χ4n) is 8.49. The number of amides is 2. The molecule has 2 fully saturated rings. The van der Waals surface area contributed by atoms with Crippen molar-refractivity contribution in [2.75, 3.05) is 83.2 Å². The van der Waals surface area contributed by atoms with Crippen molar-refractivity contribution in [3.05, 3.63) is 122 Å². The van der Waals surface area contributed by atoms with Crippen LogP contribution < -0.4 is 30.3 Å². The van der Waals surface area contributed by atoms with Gasteiger partial charge in [-0.1, -0.05) is 62.2 Å². The Morgan fingerprint density at radius 1 is 0.882 bits per heavy atom. The van der Waals surface area contributed by atoms with Gasteiger partial charge < -0.3 is 44.5 Å². The summed E-state index contributed by atoms with van der Waals surface area (Å²) in [7, 11) is 1.40. The quantitative estimate of drug-likeness (QED) is 0.0543. The van der Waals surface area contributed by atoms with Gasteiger partial charge in [0.15, 0.2) is 16.7 Å². The molecule has 0 unspecified atom stereocenters. The number of nitrogens with zero attached hydrogens (tertiary/aromatic N) is 2. The summed E-state index contributed by atoms with van der Waals surface area (Å²) >= 11 is 13.8. The summed E-state index contributed by atoms with van der Waals surface area (Å²) in [6, 6.07) is 14.4. The Labute approximate surface area is 406 Å². The number of carbonyl (C=O) groups is 2. The van der Waals surface area contributed by atoms with Gasteiger partial charge in [-0.25, -0.2) is 18.2 Å². The number of aromatic nitrogens is 1. The average Bonchev–Trinajstić information content (AvgIpc) is 3.95. The second kappa shape index (κ2) is 23.1. The van der Waals surface area contributed by atoms with Crippen LogP contribution in [0.25, 0.3) is 11.3 Å². The summed E-state index contributed by atoms with van der Waals surface area (Å²) in [5, 5.41) is 11.7. The molecule has 4 atom stereocenters. The number of halogens is 6. The van der Waals surface area contributed by atoms with Crippen LogP contribution in [0, 0.1) is 28.7 Å². The lowest BCUT2D eigenvalue weighted by atomic mass is 9.74. The molecule has 2 amide bonds. The predicted molar refractivity (Wildman–Crippen MR) is 255 cm³/mol. The van der Waals surface area contributed by atoms with Crippen molar-refractivity contribution in [3.63, 3.8) is 0 Å². The maximum Gasteiger partial charge on any atom is 0.251 e. The number of nitrogens with one attached hydrogen (secondary N) is 3. The van der Waals surface area contributed by atoms with Gasteiger partial charge in [0.05, 0.1) is 69.2 Å². The third-order valence-electron chi connectivity index (χ3n) is 11.5. The van der Waals surface area contributed by atoms with Crippen LogP contribution in [0.5, 0.6) is 11.5 Å². The van der Waals surface area contributed by atoms with Gasteiger partial charge in [0.1, 0.15) is 24.0 Å². The molecule has 0 radical (unpaired) electrons. The van der Waals surface area contributed by atoms with E-state index in [-0.39, 0.29) is 88.9 Å². The molecule has 2 aliphatic heterocycles. The van der Waals surface area contributed by atoms with Crippen molar-refractivity contribution in [2.45, 2.75) is 51.1 Å². The molecule has 2 saturated heterocycles. The van der Waals surface area contributed by atoms with Crippen LogP contribution in [0.3, 0.4) is 0 Å². The highest BCUT2D eigenvalue weighted by atomic mass is 35.5. The fourth-order valence-corrected chi connectivity index (χ4v) is 9.71. The van der Waals surface area contributed by atoms with Gasteiger partial charge in [-0.2, -0.15) is 4.39 Å². The molecule has 0 aliphatic carbocycles. The molecule has 7 rings (SSSR count). The van der Waals surface area contributed by atoms with Crippen LogP contribution in [0.4, 0.5) is 28.4 Å². The summed E-state index contributed by atoms with van der Waals surface area (Å²) in [5.74, 6) is -6.03. The zero-order valence-electron chi connectivity index (χ0n) is 37.9. The Hall–Kier alpha value is -5.01. The molecule has 4 aromatic carbocycles. The smallest absolute Gasteiger partial charge is 0.251 e. The van der Waals surface area contributed by atoms with Crippen molar-refractivity contribution in [1.82, 2.24) is 15.6 Å². The maximum absolute atomic E-state index is 15.9. The van der Waals surface area contributed by atoms with Gasteiger partial charge in [0.25, 0.3) is 5.91 Å². The summed E-state index contributed by atoms with van der Waals surface area (Å²) in [5.41, 5.74) is 1.48. The van der Waals surface area contributed by atoms with Crippen molar-refractivity contribution in [1.29, 1.82) is 0 Å². The number of benzene rings is 4. The average molecular weight is 1000 g/mol. The molecule has 0 spiro atoms. The van der Waals surface area contributed by atoms with E-state index < -0.39 is 59.0 Å². The van der Waals surface area contributed by atoms with Crippen molar-refractivity contribution < 1.29 is 50.8 Å². The SMILES string of the molecule is COc1cc(C(=O)NCCOCCOCCOc2c(-c3csc(N4CCOCC4)n3)ccc(F)c2F)ccc1NC(=O)[C@@H]1N[C@@H](CC(C)(C)C)[C@H](c2ccc(Cl)cc2F)[C@H]1c1cccc(Cl)c1F. The first-order valence-corrected chi connectivity index (χ1v) is 23.7. The van der Waals surface area contributed by atoms with Crippen LogP contribution in [-0.2, 0) is 19.0 Å². The molecular weight excluding hydrogens is 950 g/mol. The van der Waals surface area contributed by atoms with E-state index in [0.717, 1.165) is 11.2 Å². The van der Waals surface area contributed by atoms with Crippen LogP contribution in [0.15, 0.2) is 72.1 Å². The van der Waals surface area contributed by atoms with Gasteiger partial charge >= 0.3 is 0 Å². The second-order valence-electron chi connectivity index (χ2n) is 17.5. The van der Waals surface area contributed by atoms with Gasteiger partial charge in [0.2, 0.25) is 11.7 Å². The molecular formula is C49H53Cl2F4N5O7S. The number of hydrogen-bond acceptors (Lipinski definition) is 11. The van der Waals surface area contributed by atoms with E-state index in [9.17, 15) is 18.4 Å². The first kappa shape index (κ1) is 50.9. The molecule has 3 heterocycles. The highest BCUT2D eigenvalue weighted by Gasteiger charge is 2.50. The maximum atomic E-state index is 15.9. The van der Waals surface area contributed by atoms with E-state index >= 15 is 8.78 Å². The number of methoxy groups -OCH3 is 1. The van der Waals surface area contributed by atoms with E-state index in [1.807, 2.05) is 20.8 Å². The summed E-state index contributed by atoms with van der Waals surface area (Å²) in [6.07, 6.45) is 0.513. The summed E-state index contributed by atoms with van der Waals surface area (Å²) in [6.45, 7) is 9.36. The molecule has 68 heavy (non-hydrogen) atoms. The lowest BCUT2D eigenvalue weighted by molar-refractivity contribution is -0.118. The van der Waals surface area contributed by atoms with Crippen molar-refractivity contribution >= 4 is 57.2 Å². The number of thiazole rings is 1. The molecule has 2 aliphatic rings. The number of rotatable bonds is 19.